The zero-order valence-corrected chi connectivity index (χ0v) is 24.6. The van der Waals surface area contributed by atoms with Crippen LogP contribution in [0.1, 0.15) is 46.8 Å². The minimum Gasteiger partial charge on any atom is -0.493 e. The minimum atomic E-state index is -0.706. The summed E-state index contributed by atoms with van der Waals surface area (Å²) in [5.41, 5.74) is 2.89. The molecule has 1 aliphatic rings. The van der Waals surface area contributed by atoms with Crippen LogP contribution in [-0.2, 0) is 4.79 Å². The van der Waals surface area contributed by atoms with Crippen molar-refractivity contribution in [1.82, 2.24) is 10.2 Å². The van der Waals surface area contributed by atoms with Crippen LogP contribution in [-0.4, -0.2) is 71.8 Å². The standard InChI is InChI=1S/C32H39N3O6/c1-7-35(22-12-9-8-10-13-22)17-11-16-33-31(36)29-23-19-27(40-5)28(41-6)20-24(23)32(37)34(2)30(29)21-14-15-25(38-3)26(18-21)39-4/h8-10,12-15,18-20,29-30H,7,11,16-17H2,1-6H3,(H,33,36)/t29-,30-/m0/s1. The quantitative estimate of drug-likeness (QED) is 0.322. The van der Waals surface area contributed by atoms with Crippen LogP contribution in [0.2, 0.25) is 0 Å². The second-order valence-electron chi connectivity index (χ2n) is 9.81. The van der Waals surface area contributed by atoms with Crippen molar-refractivity contribution in [3.63, 3.8) is 0 Å². The Morgan fingerprint density at radius 2 is 1.51 bits per heavy atom. The molecule has 0 fully saturated rings. The van der Waals surface area contributed by atoms with Crippen molar-refractivity contribution < 1.29 is 28.5 Å². The lowest BCUT2D eigenvalue weighted by Gasteiger charge is -2.40. The van der Waals surface area contributed by atoms with E-state index in [4.69, 9.17) is 18.9 Å². The van der Waals surface area contributed by atoms with E-state index in [0.29, 0.717) is 40.7 Å². The number of nitrogens with zero attached hydrogens (tertiary/aromatic N) is 2. The summed E-state index contributed by atoms with van der Waals surface area (Å²) in [5, 5.41) is 3.14. The Kier molecular flexibility index (Phi) is 9.60. The van der Waals surface area contributed by atoms with Gasteiger partial charge in [0.2, 0.25) is 5.91 Å². The van der Waals surface area contributed by atoms with Crippen molar-refractivity contribution >= 4 is 17.5 Å². The lowest BCUT2D eigenvalue weighted by molar-refractivity contribution is -0.124. The molecule has 0 radical (unpaired) electrons. The monoisotopic (exact) mass is 561 g/mol. The molecule has 0 saturated heterocycles. The predicted octanol–water partition coefficient (Wildman–Crippen LogP) is 4.66. The maximum absolute atomic E-state index is 14.0. The van der Waals surface area contributed by atoms with Crippen molar-refractivity contribution in [3.8, 4) is 23.0 Å². The summed E-state index contributed by atoms with van der Waals surface area (Å²) in [6.07, 6.45) is 0.760. The van der Waals surface area contributed by atoms with Gasteiger partial charge in [0.15, 0.2) is 23.0 Å². The van der Waals surface area contributed by atoms with Gasteiger partial charge in [0, 0.05) is 37.9 Å². The molecular weight excluding hydrogens is 522 g/mol. The fraction of sp³-hybridized carbons (Fsp3) is 0.375. The van der Waals surface area contributed by atoms with Crippen molar-refractivity contribution in [1.29, 1.82) is 0 Å². The zero-order valence-electron chi connectivity index (χ0n) is 24.6. The Morgan fingerprint density at radius 1 is 0.878 bits per heavy atom. The zero-order chi connectivity index (χ0) is 29.5. The lowest BCUT2D eigenvalue weighted by Crippen LogP contribution is -2.46. The van der Waals surface area contributed by atoms with Crippen LogP contribution >= 0.6 is 0 Å². The molecule has 0 aliphatic carbocycles. The molecule has 1 N–H and O–H groups in total. The number of rotatable bonds is 12. The van der Waals surface area contributed by atoms with Crippen LogP contribution in [0, 0.1) is 0 Å². The van der Waals surface area contributed by atoms with Gasteiger partial charge in [-0.15, -0.1) is 0 Å². The first-order valence-corrected chi connectivity index (χ1v) is 13.7. The molecule has 3 aromatic rings. The summed E-state index contributed by atoms with van der Waals surface area (Å²) in [5.74, 6) is 0.858. The number of anilines is 1. The average Bonchev–Trinajstić information content (AvgIpc) is 3.01. The number of carbonyl (C=O) groups is 2. The van der Waals surface area contributed by atoms with E-state index in [1.54, 1.807) is 44.4 Å². The van der Waals surface area contributed by atoms with Crippen molar-refractivity contribution in [2.45, 2.75) is 25.3 Å². The highest BCUT2D eigenvalue weighted by molar-refractivity contribution is 6.02. The molecule has 4 rings (SSSR count). The molecule has 0 unspecified atom stereocenters. The largest absolute Gasteiger partial charge is 0.493 e. The topological polar surface area (TPSA) is 89.6 Å². The molecule has 0 spiro atoms. The fourth-order valence-corrected chi connectivity index (χ4v) is 5.48. The summed E-state index contributed by atoms with van der Waals surface area (Å²) >= 11 is 0. The number of ether oxygens (including phenoxy) is 4. The van der Waals surface area contributed by atoms with E-state index in [-0.39, 0.29) is 11.8 Å². The van der Waals surface area contributed by atoms with Crippen LogP contribution in [0.5, 0.6) is 23.0 Å². The summed E-state index contributed by atoms with van der Waals surface area (Å²) < 4.78 is 22.0. The number of amides is 2. The van der Waals surface area contributed by atoms with Crippen LogP contribution in [0.4, 0.5) is 5.69 Å². The smallest absolute Gasteiger partial charge is 0.254 e. The third-order valence-electron chi connectivity index (χ3n) is 7.61. The number of likely N-dealkylation sites (N-methyl/N-ethyl adjacent to an activating group) is 1. The number of fused-ring (bicyclic) bond motifs is 1. The maximum atomic E-state index is 14.0. The number of methoxy groups -OCH3 is 4. The normalized spacial score (nSPS) is 16.0. The molecule has 9 nitrogen and oxygen atoms in total. The van der Waals surface area contributed by atoms with Gasteiger partial charge in [-0.3, -0.25) is 9.59 Å². The molecule has 1 heterocycles. The number of para-hydroxylation sites is 1. The number of carbonyl (C=O) groups excluding carboxylic acids is 2. The van der Waals surface area contributed by atoms with Crippen molar-refractivity contribution in [3.05, 3.63) is 77.4 Å². The third kappa shape index (κ3) is 6.04. The summed E-state index contributed by atoms with van der Waals surface area (Å²) in [6.45, 7) is 4.26. The highest BCUT2D eigenvalue weighted by Gasteiger charge is 2.43. The van der Waals surface area contributed by atoms with Gasteiger partial charge < -0.3 is 34.1 Å². The van der Waals surface area contributed by atoms with Crippen molar-refractivity contribution in [2.75, 3.05) is 60.0 Å². The molecule has 41 heavy (non-hydrogen) atoms. The summed E-state index contributed by atoms with van der Waals surface area (Å²) in [6, 6.07) is 18.5. The molecule has 1 aliphatic heterocycles. The number of hydrogen-bond acceptors (Lipinski definition) is 7. The molecule has 2 atom stereocenters. The first-order chi connectivity index (χ1) is 19.9. The van der Waals surface area contributed by atoms with E-state index < -0.39 is 12.0 Å². The van der Waals surface area contributed by atoms with Crippen LogP contribution in [0.3, 0.4) is 0 Å². The maximum Gasteiger partial charge on any atom is 0.254 e. The van der Waals surface area contributed by atoms with Crippen molar-refractivity contribution in [2.24, 2.45) is 0 Å². The SMILES string of the molecule is CCN(CCCNC(=O)[C@H]1c2cc(OC)c(OC)cc2C(=O)N(C)[C@H]1c1ccc(OC)c(OC)c1)c1ccccc1. The Morgan fingerprint density at radius 3 is 2.15 bits per heavy atom. The molecule has 0 bridgehead atoms. The lowest BCUT2D eigenvalue weighted by atomic mass is 9.79. The van der Waals surface area contributed by atoms with E-state index >= 15 is 0 Å². The van der Waals surface area contributed by atoms with E-state index in [2.05, 4.69) is 29.3 Å². The van der Waals surface area contributed by atoms with Crippen LogP contribution in [0.15, 0.2) is 60.7 Å². The van der Waals surface area contributed by atoms with E-state index in [1.807, 2.05) is 30.3 Å². The average molecular weight is 562 g/mol. The molecule has 0 saturated carbocycles. The Bertz CT molecular complexity index is 1360. The van der Waals surface area contributed by atoms with Crippen LogP contribution in [0.25, 0.3) is 0 Å². The first-order valence-electron chi connectivity index (χ1n) is 13.7. The van der Waals surface area contributed by atoms with Crippen LogP contribution < -0.4 is 29.2 Å². The number of benzene rings is 3. The van der Waals surface area contributed by atoms with Gasteiger partial charge in [0.1, 0.15) is 0 Å². The van der Waals surface area contributed by atoms with Gasteiger partial charge in [0.25, 0.3) is 5.91 Å². The molecule has 2 amide bonds. The van der Waals surface area contributed by atoms with Gasteiger partial charge in [-0.25, -0.2) is 0 Å². The van der Waals surface area contributed by atoms with E-state index in [1.165, 1.54) is 14.2 Å². The first kappa shape index (κ1) is 29.6. The highest BCUT2D eigenvalue weighted by atomic mass is 16.5. The Balaban J connectivity index is 1.67. The minimum absolute atomic E-state index is 0.180. The molecule has 0 aromatic heterocycles. The summed E-state index contributed by atoms with van der Waals surface area (Å²) in [7, 11) is 7.89. The van der Waals surface area contributed by atoms with Gasteiger partial charge in [0.05, 0.1) is 40.4 Å². The highest BCUT2D eigenvalue weighted by Crippen LogP contribution is 2.46. The molecule has 218 valence electrons. The fourth-order valence-electron chi connectivity index (χ4n) is 5.48. The second kappa shape index (κ2) is 13.3. The van der Waals surface area contributed by atoms with Gasteiger partial charge in [-0.05, 0) is 60.9 Å². The Hall–Kier alpha value is -4.40. The predicted molar refractivity (Wildman–Crippen MR) is 159 cm³/mol. The van der Waals surface area contributed by atoms with E-state index in [9.17, 15) is 9.59 Å². The molecular formula is C32H39N3O6. The third-order valence-corrected chi connectivity index (χ3v) is 7.61. The second-order valence-corrected chi connectivity index (χ2v) is 9.81. The Labute approximate surface area is 241 Å². The number of nitrogens with one attached hydrogen (secondary N) is 1. The molecule has 3 aromatic carbocycles. The number of hydrogen-bond donors (Lipinski definition) is 1. The molecule has 9 heteroatoms. The summed E-state index contributed by atoms with van der Waals surface area (Å²) in [4.78, 5) is 31.6. The van der Waals surface area contributed by atoms with Gasteiger partial charge in [-0.1, -0.05) is 24.3 Å². The van der Waals surface area contributed by atoms with Gasteiger partial charge >= 0.3 is 0 Å². The van der Waals surface area contributed by atoms with Gasteiger partial charge in [-0.2, -0.15) is 0 Å². The van der Waals surface area contributed by atoms with E-state index in [0.717, 1.165) is 30.8 Å².